The van der Waals surface area contributed by atoms with E-state index in [0.29, 0.717) is 19.4 Å². The van der Waals surface area contributed by atoms with Crippen LogP contribution in [-0.2, 0) is 19.1 Å². The summed E-state index contributed by atoms with van der Waals surface area (Å²) in [5, 5.41) is 0. The molecule has 1 aliphatic heterocycles. The van der Waals surface area contributed by atoms with Crippen molar-refractivity contribution in [1.29, 1.82) is 0 Å². The molecule has 2 fully saturated rings. The van der Waals surface area contributed by atoms with E-state index in [9.17, 15) is 9.59 Å². The van der Waals surface area contributed by atoms with Gasteiger partial charge in [-0.25, -0.2) is 0 Å². The Morgan fingerprint density at radius 1 is 1.42 bits per heavy atom. The van der Waals surface area contributed by atoms with Crippen molar-refractivity contribution in [1.82, 2.24) is 0 Å². The van der Waals surface area contributed by atoms with Crippen LogP contribution in [0.2, 0.25) is 25.7 Å². The van der Waals surface area contributed by atoms with E-state index >= 15 is 0 Å². The first-order valence-electron chi connectivity index (χ1n) is 6.73. The summed E-state index contributed by atoms with van der Waals surface area (Å²) < 4.78 is 10.9. The molecule has 108 valence electrons. The summed E-state index contributed by atoms with van der Waals surface area (Å²) in [5.41, 5.74) is -1.02. The topological polar surface area (TPSA) is 52.6 Å². The Balaban J connectivity index is 2.00. The number of esters is 1. The fourth-order valence-corrected chi connectivity index (χ4v) is 4.58. The zero-order chi connectivity index (χ0) is 14.3. The van der Waals surface area contributed by atoms with Crippen molar-refractivity contribution < 1.29 is 19.1 Å². The molecule has 0 spiro atoms. The number of hydrogen-bond acceptors (Lipinski definition) is 4. The molecule has 1 saturated carbocycles. The Morgan fingerprint density at radius 2 is 2.11 bits per heavy atom. The molecule has 0 radical (unpaired) electrons. The Labute approximate surface area is 128 Å². The predicted molar refractivity (Wildman–Crippen MR) is 83.3 cm³/mol. The molecule has 0 aromatic heterocycles. The molecule has 6 heteroatoms. The first kappa shape index (κ1) is 15.4. The van der Waals surface area contributed by atoms with E-state index in [1.807, 2.05) is 0 Å². The van der Waals surface area contributed by atoms with Crippen molar-refractivity contribution in [3.05, 3.63) is 0 Å². The third-order valence-electron chi connectivity index (χ3n) is 3.90. The van der Waals surface area contributed by atoms with Gasteiger partial charge >= 0.3 is 5.97 Å². The SMILES string of the molecule is C[Si](C)(C)CCOC[C@]12C(=O)CC[C@H](OC1=O)[C@@H]2I. The Morgan fingerprint density at radius 3 is 2.74 bits per heavy atom. The van der Waals surface area contributed by atoms with Gasteiger partial charge in [0.25, 0.3) is 0 Å². The smallest absolute Gasteiger partial charge is 0.323 e. The Kier molecular flexibility index (Phi) is 4.42. The van der Waals surface area contributed by atoms with E-state index in [1.165, 1.54) is 0 Å². The molecular formula is C13H21IO4Si. The number of hydrogen-bond donors (Lipinski definition) is 0. The molecule has 2 rings (SSSR count). The first-order valence-corrected chi connectivity index (χ1v) is 11.7. The fraction of sp³-hybridized carbons (Fsp3) is 0.846. The van der Waals surface area contributed by atoms with Gasteiger partial charge in [-0.05, 0) is 12.5 Å². The number of carbonyl (C=O) groups excluding carboxylic acids is 2. The van der Waals surface area contributed by atoms with E-state index in [2.05, 4.69) is 42.2 Å². The van der Waals surface area contributed by atoms with Gasteiger partial charge in [0.15, 0.2) is 11.2 Å². The monoisotopic (exact) mass is 396 g/mol. The Hall–Kier alpha value is 0.0469. The lowest BCUT2D eigenvalue weighted by atomic mass is 9.74. The standard InChI is InChI=1S/C13H21IO4Si/c1-19(2,3)7-6-17-8-13-10(15)5-4-9(11(13)14)18-12(13)16/h9,11H,4-8H2,1-3H3/t9-,11-,13+/m0/s1. The zero-order valence-corrected chi connectivity index (χ0v) is 14.9. The Bertz CT molecular complexity index is 383. The number of alkyl halides is 1. The maximum absolute atomic E-state index is 12.2. The number of halogens is 1. The highest BCUT2D eigenvalue weighted by molar-refractivity contribution is 14.1. The van der Waals surface area contributed by atoms with Crippen molar-refractivity contribution in [2.45, 2.75) is 48.6 Å². The highest BCUT2D eigenvalue weighted by Crippen LogP contribution is 2.47. The first-order chi connectivity index (χ1) is 8.77. The normalized spacial score (nSPS) is 34.5. The molecule has 0 aromatic carbocycles. The third kappa shape index (κ3) is 2.90. The lowest BCUT2D eigenvalue weighted by molar-refractivity contribution is -0.153. The van der Waals surface area contributed by atoms with Crippen molar-refractivity contribution in [2.24, 2.45) is 5.41 Å². The fourth-order valence-electron chi connectivity index (χ4n) is 2.53. The van der Waals surface area contributed by atoms with Crippen molar-refractivity contribution in [3.63, 3.8) is 0 Å². The van der Waals surface area contributed by atoms with Gasteiger partial charge in [0, 0.05) is 21.1 Å². The maximum atomic E-state index is 12.2. The van der Waals surface area contributed by atoms with E-state index < -0.39 is 13.5 Å². The summed E-state index contributed by atoms with van der Waals surface area (Å²) in [4.78, 5) is 24.3. The summed E-state index contributed by atoms with van der Waals surface area (Å²) in [6.07, 6.45) is 0.994. The van der Waals surface area contributed by atoms with Crippen molar-refractivity contribution >= 4 is 42.4 Å². The summed E-state index contributed by atoms with van der Waals surface area (Å²) >= 11 is 2.18. The van der Waals surface area contributed by atoms with Gasteiger partial charge in [0.05, 0.1) is 10.5 Å². The number of ether oxygens (including phenoxy) is 2. The largest absolute Gasteiger partial charge is 0.460 e. The van der Waals surface area contributed by atoms with Gasteiger partial charge in [-0.15, -0.1) is 0 Å². The summed E-state index contributed by atoms with van der Waals surface area (Å²) in [6.45, 7) is 7.66. The second-order valence-electron chi connectivity index (χ2n) is 6.64. The van der Waals surface area contributed by atoms with E-state index in [-0.39, 0.29) is 28.4 Å². The van der Waals surface area contributed by atoms with Crippen LogP contribution in [0.4, 0.5) is 0 Å². The molecule has 1 aliphatic carbocycles. The van der Waals surface area contributed by atoms with Gasteiger partial charge in [0.2, 0.25) is 0 Å². The quantitative estimate of drug-likeness (QED) is 0.179. The van der Waals surface area contributed by atoms with Gasteiger partial charge in [-0.1, -0.05) is 42.2 Å². The van der Waals surface area contributed by atoms with Gasteiger partial charge in [-0.3, -0.25) is 9.59 Å². The number of ketones is 1. The molecular weight excluding hydrogens is 375 g/mol. The summed E-state index contributed by atoms with van der Waals surface area (Å²) in [6, 6.07) is 1.04. The lowest BCUT2D eigenvalue weighted by Gasteiger charge is -2.31. The summed E-state index contributed by atoms with van der Waals surface area (Å²) in [7, 11) is -1.15. The molecule has 0 N–H and O–H groups in total. The van der Waals surface area contributed by atoms with Crippen molar-refractivity contribution in [2.75, 3.05) is 13.2 Å². The highest BCUT2D eigenvalue weighted by atomic mass is 127. The van der Waals surface area contributed by atoms with E-state index in [1.54, 1.807) is 0 Å². The van der Waals surface area contributed by atoms with Gasteiger partial charge in [0.1, 0.15) is 6.10 Å². The minimum absolute atomic E-state index is 0.00125. The van der Waals surface area contributed by atoms with Gasteiger partial charge in [-0.2, -0.15) is 0 Å². The number of carbonyl (C=O) groups is 2. The predicted octanol–water partition coefficient (Wildman–Crippen LogP) is 2.42. The number of fused-ring (bicyclic) bond motifs is 2. The average molecular weight is 396 g/mol. The van der Waals surface area contributed by atoms with Gasteiger partial charge < -0.3 is 9.47 Å². The second kappa shape index (κ2) is 5.44. The molecule has 2 bridgehead atoms. The number of rotatable bonds is 5. The molecule has 0 amide bonds. The second-order valence-corrected chi connectivity index (χ2v) is 13.6. The van der Waals surface area contributed by atoms with Crippen LogP contribution in [0.1, 0.15) is 12.8 Å². The summed E-state index contributed by atoms with van der Waals surface area (Å²) in [5.74, 6) is -0.369. The van der Waals surface area contributed by atoms with Crippen molar-refractivity contribution in [3.8, 4) is 0 Å². The molecule has 2 aliphatic rings. The molecule has 3 atom stereocenters. The van der Waals surface area contributed by atoms with Crippen LogP contribution in [0, 0.1) is 5.41 Å². The average Bonchev–Trinajstić information content (AvgIpc) is 2.45. The minimum atomic E-state index is -1.15. The molecule has 4 nitrogen and oxygen atoms in total. The van der Waals surface area contributed by atoms with E-state index in [0.717, 1.165) is 6.04 Å². The molecule has 1 saturated heterocycles. The molecule has 0 unspecified atom stereocenters. The van der Waals surface area contributed by atoms with Crippen LogP contribution in [0.25, 0.3) is 0 Å². The number of Topliss-reactive ketones (excluding diaryl/α,β-unsaturated/α-hetero) is 1. The molecule has 0 aromatic rings. The van der Waals surface area contributed by atoms with Crippen LogP contribution in [-0.4, -0.2) is 43.1 Å². The lowest BCUT2D eigenvalue weighted by Crippen LogP contribution is -2.49. The van der Waals surface area contributed by atoms with Crippen LogP contribution >= 0.6 is 22.6 Å². The molecule has 19 heavy (non-hydrogen) atoms. The van der Waals surface area contributed by atoms with Crippen LogP contribution in [0.3, 0.4) is 0 Å². The zero-order valence-electron chi connectivity index (χ0n) is 11.7. The van der Waals surface area contributed by atoms with Crippen LogP contribution in [0.5, 0.6) is 0 Å². The van der Waals surface area contributed by atoms with E-state index in [4.69, 9.17) is 9.47 Å². The maximum Gasteiger partial charge on any atom is 0.323 e. The van der Waals surface area contributed by atoms with Crippen LogP contribution in [0.15, 0.2) is 0 Å². The highest BCUT2D eigenvalue weighted by Gasteiger charge is 2.63. The minimum Gasteiger partial charge on any atom is -0.460 e. The van der Waals surface area contributed by atoms with Crippen LogP contribution < -0.4 is 0 Å². The molecule has 1 heterocycles. The third-order valence-corrected chi connectivity index (χ3v) is 7.47.